The first-order valence-electron chi connectivity index (χ1n) is 9.16. The van der Waals surface area contributed by atoms with Gasteiger partial charge in [0.05, 0.1) is 10.9 Å². The number of rotatable bonds is 5. The van der Waals surface area contributed by atoms with E-state index in [-0.39, 0.29) is 29.6 Å². The van der Waals surface area contributed by atoms with E-state index in [9.17, 15) is 14.4 Å². The molecule has 0 saturated carbocycles. The molecule has 0 bridgehead atoms. The van der Waals surface area contributed by atoms with Crippen LogP contribution in [0.5, 0.6) is 0 Å². The highest BCUT2D eigenvalue weighted by Crippen LogP contribution is 2.12. The number of hydrogen-bond acceptors (Lipinski definition) is 4. The van der Waals surface area contributed by atoms with Gasteiger partial charge < -0.3 is 0 Å². The van der Waals surface area contributed by atoms with Crippen LogP contribution in [0.3, 0.4) is 0 Å². The summed E-state index contributed by atoms with van der Waals surface area (Å²) in [4.78, 5) is 38.6. The molecule has 0 spiro atoms. The molecular weight excluding hydrogens is 356 g/mol. The number of ketones is 1. The van der Waals surface area contributed by atoms with Crippen molar-refractivity contribution in [2.45, 2.75) is 26.9 Å². The van der Waals surface area contributed by atoms with Crippen LogP contribution in [0, 0.1) is 5.92 Å². The Bertz CT molecular complexity index is 1300. The number of Topliss-reactive ketones (excluding diaryl/α,β-unsaturated/α-hetero) is 1. The molecule has 2 aromatic carbocycles. The molecule has 0 radical (unpaired) electrons. The number of para-hydroxylation sites is 1. The van der Waals surface area contributed by atoms with Crippen molar-refractivity contribution < 1.29 is 4.79 Å². The number of benzene rings is 2. The Morgan fingerprint density at radius 3 is 2.39 bits per heavy atom. The zero-order valence-corrected chi connectivity index (χ0v) is 15.7. The minimum Gasteiger partial charge on any atom is -0.292 e. The fourth-order valence-electron chi connectivity index (χ4n) is 3.35. The van der Waals surface area contributed by atoms with Crippen LogP contribution in [0.1, 0.15) is 24.2 Å². The van der Waals surface area contributed by atoms with Crippen LogP contribution in [0.25, 0.3) is 16.7 Å². The van der Waals surface area contributed by atoms with Crippen molar-refractivity contribution in [2.75, 3.05) is 0 Å². The van der Waals surface area contributed by atoms with Crippen molar-refractivity contribution >= 4 is 22.5 Å². The fraction of sp³-hybridized carbons (Fsp3) is 0.238. The van der Waals surface area contributed by atoms with Gasteiger partial charge in [0.1, 0.15) is 6.54 Å². The van der Waals surface area contributed by atoms with Crippen molar-refractivity contribution in [1.29, 1.82) is 0 Å². The van der Waals surface area contributed by atoms with Crippen molar-refractivity contribution in [2.24, 2.45) is 5.92 Å². The van der Waals surface area contributed by atoms with Gasteiger partial charge in [-0.2, -0.15) is 0 Å². The highest BCUT2D eigenvalue weighted by Gasteiger charge is 2.19. The molecule has 7 nitrogen and oxygen atoms in total. The molecule has 0 atom stereocenters. The van der Waals surface area contributed by atoms with Crippen LogP contribution in [-0.2, 0) is 13.1 Å². The summed E-state index contributed by atoms with van der Waals surface area (Å²) in [6.07, 6.45) is 0. The van der Waals surface area contributed by atoms with E-state index in [4.69, 9.17) is 0 Å². The van der Waals surface area contributed by atoms with Crippen LogP contribution >= 0.6 is 0 Å². The predicted octanol–water partition coefficient (Wildman–Crippen LogP) is 2.35. The van der Waals surface area contributed by atoms with Gasteiger partial charge in [0, 0.05) is 12.1 Å². The Kier molecular flexibility index (Phi) is 4.43. The third-order valence-corrected chi connectivity index (χ3v) is 4.62. The molecule has 0 saturated heterocycles. The van der Waals surface area contributed by atoms with Gasteiger partial charge in [0.15, 0.2) is 5.78 Å². The minimum absolute atomic E-state index is 0.186. The van der Waals surface area contributed by atoms with E-state index >= 15 is 0 Å². The molecule has 0 aliphatic rings. The zero-order chi connectivity index (χ0) is 19.8. The van der Waals surface area contributed by atoms with E-state index in [0.717, 1.165) is 4.68 Å². The summed E-state index contributed by atoms with van der Waals surface area (Å²) in [6, 6.07) is 15.7. The molecule has 2 heterocycles. The first kappa shape index (κ1) is 17.9. The summed E-state index contributed by atoms with van der Waals surface area (Å²) in [5.74, 6) is 0.227. The SMILES string of the molecule is CC(C)Cn1c(=O)c2ccccc2n2c(=O)n(CC(=O)c3ccccc3)nc12. The quantitative estimate of drug-likeness (QED) is 0.501. The van der Waals surface area contributed by atoms with E-state index in [1.54, 1.807) is 48.5 Å². The second-order valence-corrected chi connectivity index (χ2v) is 7.19. The summed E-state index contributed by atoms with van der Waals surface area (Å²) in [5.41, 5.74) is 0.373. The number of aromatic nitrogens is 4. The highest BCUT2D eigenvalue weighted by atomic mass is 16.2. The van der Waals surface area contributed by atoms with Crippen LogP contribution in [0.4, 0.5) is 0 Å². The van der Waals surface area contributed by atoms with E-state index in [2.05, 4.69) is 5.10 Å². The maximum absolute atomic E-state index is 13.1. The molecule has 0 amide bonds. The fourth-order valence-corrected chi connectivity index (χ4v) is 3.35. The lowest BCUT2D eigenvalue weighted by atomic mass is 10.1. The largest absolute Gasteiger partial charge is 0.352 e. The monoisotopic (exact) mass is 376 g/mol. The van der Waals surface area contributed by atoms with Crippen LogP contribution in [0.15, 0.2) is 64.2 Å². The number of nitrogens with zero attached hydrogens (tertiary/aromatic N) is 4. The third-order valence-electron chi connectivity index (χ3n) is 4.62. The lowest BCUT2D eigenvalue weighted by molar-refractivity contribution is 0.0966. The molecule has 0 fully saturated rings. The molecule has 0 aliphatic carbocycles. The molecule has 4 aromatic rings. The maximum Gasteiger partial charge on any atom is 0.352 e. The lowest BCUT2D eigenvalue weighted by Crippen LogP contribution is -2.28. The van der Waals surface area contributed by atoms with Crippen LogP contribution < -0.4 is 11.2 Å². The van der Waals surface area contributed by atoms with Gasteiger partial charge in [-0.1, -0.05) is 56.3 Å². The van der Waals surface area contributed by atoms with Gasteiger partial charge in [0.25, 0.3) is 5.56 Å². The average molecular weight is 376 g/mol. The summed E-state index contributed by atoms with van der Waals surface area (Å²) in [5, 5.41) is 4.80. The van der Waals surface area contributed by atoms with Crippen molar-refractivity contribution in [3.05, 3.63) is 81.0 Å². The number of hydrogen-bond donors (Lipinski definition) is 0. The summed E-state index contributed by atoms with van der Waals surface area (Å²) < 4.78 is 4.06. The molecule has 0 N–H and O–H groups in total. The Labute approximate surface area is 160 Å². The average Bonchev–Trinajstić information content (AvgIpc) is 3.02. The zero-order valence-electron chi connectivity index (χ0n) is 15.7. The minimum atomic E-state index is -0.437. The number of fused-ring (bicyclic) bond motifs is 3. The molecule has 7 heteroatoms. The first-order chi connectivity index (χ1) is 13.5. The Hall–Kier alpha value is -3.48. The second-order valence-electron chi connectivity index (χ2n) is 7.19. The number of carbonyl (C=O) groups excluding carboxylic acids is 1. The van der Waals surface area contributed by atoms with Gasteiger partial charge in [-0.15, -0.1) is 5.10 Å². The molecular formula is C21H20N4O3. The van der Waals surface area contributed by atoms with Crippen LogP contribution in [0.2, 0.25) is 0 Å². The molecule has 0 unspecified atom stereocenters. The predicted molar refractivity (Wildman–Crippen MR) is 107 cm³/mol. The van der Waals surface area contributed by atoms with Gasteiger partial charge in [0.2, 0.25) is 5.78 Å². The Morgan fingerprint density at radius 2 is 1.68 bits per heavy atom. The van der Waals surface area contributed by atoms with Gasteiger partial charge in [-0.3, -0.25) is 14.2 Å². The molecule has 4 rings (SSSR count). The third kappa shape index (κ3) is 2.94. The van der Waals surface area contributed by atoms with E-state index in [1.165, 1.54) is 8.97 Å². The summed E-state index contributed by atoms with van der Waals surface area (Å²) in [6.45, 7) is 4.23. The maximum atomic E-state index is 13.1. The molecule has 0 aliphatic heterocycles. The molecule has 28 heavy (non-hydrogen) atoms. The first-order valence-corrected chi connectivity index (χ1v) is 9.16. The van der Waals surface area contributed by atoms with Gasteiger partial charge >= 0.3 is 5.69 Å². The number of carbonyl (C=O) groups is 1. The smallest absolute Gasteiger partial charge is 0.292 e. The molecule has 2 aromatic heterocycles. The standard InChI is InChI=1S/C21H20N4O3/c1-14(2)12-23-19(27)16-10-6-7-11-17(16)25-20(23)22-24(21(25)28)13-18(26)15-8-4-3-5-9-15/h3-11,14H,12-13H2,1-2H3. The van der Waals surface area contributed by atoms with Gasteiger partial charge in [-0.05, 0) is 18.1 Å². The van der Waals surface area contributed by atoms with E-state index < -0.39 is 5.69 Å². The topological polar surface area (TPSA) is 78.4 Å². The second kappa shape index (κ2) is 6.92. The highest BCUT2D eigenvalue weighted by molar-refractivity contribution is 5.95. The normalized spacial score (nSPS) is 11.5. The molecule has 142 valence electrons. The van der Waals surface area contributed by atoms with E-state index in [0.29, 0.717) is 23.0 Å². The Morgan fingerprint density at radius 1 is 1.00 bits per heavy atom. The lowest BCUT2D eigenvalue weighted by Gasteiger charge is -2.11. The summed E-state index contributed by atoms with van der Waals surface area (Å²) >= 11 is 0. The van der Waals surface area contributed by atoms with Gasteiger partial charge in [-0.25, -0.2) is 13.9 Å². The van der Waals surface area contributed by atoms with E-state index in [1.807, 2.05) is 19.9 Å². The van der Waals surface area contributed by atoms with Crippen LogP contribution in [-0.4, -0.2) is 24.5 Å². The van der Waals surface area contributed by atoms with Crippen molar-refractivity contribution in [1.82, 2.24) is 18.7 Å². The summed E-state index contributed by atoms with van der Waals surface area (Å²) in [7, 11) is 0. The Balaban J connectivity index is 1.94. The van der Waals surface area contributed by atoms with Crippen molar-refractivity contribution in [3.63, 3.8) is 0 Å². The van der Waals surface area contributed by atoms with Crippen molar-refractivity contribution in [3.8, 4) is 0 Å².